The van der Waals surface area contributed by atoms with Gasteiger partial charge in [0, 0.05) is 23.4 Å². The van der Waals surface area contributed by atoms with Crippen LogP contribution >= 0.6 is 23.4 Å². The van der Waals surface area contributed by atoms with Crippen molar-refractivity contribution in [3.63, 3.8) is 0 Å². The first kappa shape index (κ1) is 23.2. The van der Waals surface area contributed by atoms with Crippen LogP contribution in [0.1, 0.15) is 17.1 Å². The fourth-order valence-electron chi connectivity index (χ4n) is 3.32. The summed E-state index contributed by atoms with van der Waals surface area (Å²) >= 11 is 7.78. The first-order chi connectivity index (χ1) is 16.1. The van der Waals surface area contributed by atoms with E-state index in [1.54, 1.807) is 25.1 Å². The third kappa shape index (κ3) is 6.28. The molecule has 0 unspecified atom stereocenters. The fraction of sp³-hybridized carbons (Fsp3) is 0.200. The average Bonchev–Trinajstić information content (AvgIpc) is 3.48. The lowest BCUT2D eigenvalue weighted by Crippen LogP contribution is -2.20. The topological polar surface area (TPSA) is 56.3 Å². The summed E-state index contributed by atoms with van der Waals surface area (Å²) in [6.45, 7) is 1.38. The van der Waals surface area contributed by atoms with Gasteiger partial charge in [0.1, 0.15) is 11.5 Å². The summed E-state index contributed by atoms with van der Waals surface area (Å²) in [4.78, 5) is 2.17. The SMILES string of the molecule is COc1cccc(-n2c(CN(C)CC=Cc3ccco3)nnc2SCc2cccc(Cl)c2)c1. The Balaban J connectivity index is 1.55. The molecule has 0 aliphatic carbocycles. The lowest BCUT2D eigenvalue weighted by molar-refractivity contribution is 0.350. The zero-order chi connectivity index (χ0) is 23.0. The Bertz CT molecular complexity index is 1210. The third-order valence-corrected chi connectivity index (χ3v) is 6.16. The first-order valence-corrected chi connectivity index (χ1v) is 11.8. The molecule has 170 valence electrons. The largest absolute Gasteiger partial charge is 0.497 e. The molecule has 0 amide bonds. The molecule has 2 aromatic heterocycles. The number of nitrogens with zero attached hydrogens (tertiary/aromatic N) is 4. The number of likely N-dealkylation sites (N-methyl/N-ethyl adjacent to an activating group) is 1. The van der Waals surface area contributed by atoms with E-state index in [0.717, 1.165) is 51.1 Å². The van der Waals surface area contributed by atoms with Crippen LogP contribution < -0.4 is 4.74 Å². The molecule has 0 saturated carbocycles. The number of methoxy groups -OCH3 is 1. The minimum Gasteiger partial charge on any atom is -0.497 e. The quantitative estimate of drug-likeness (QED) is 0.261. The molecule has 0 aliphatic rings. The van der Waals surface area contributed by atoms with Crippen LogP contribution in [-0.2, 0) is 12.3 Å². The van der Waals surface area contributed by atoms with E-state index in [1.807, 2.05) is 60.7 Å². The molecule has 4 rings (SSSR count). The summed E-state index contributed by atoms with van der Waals surface area (Å²) in [7, 11) is 3.72. The van der Waals surface area contributed by atoms with Crippen molar-refractivity contribution in [2.45, 2.75) is 17.5 Å². The number of aromatic nitrogens is 3. The van der Waals surface area contributed by atoms with E-state index >= 15 is 0 Å². The predicted molar refractivity (Wildman–Crippen MR) is 133 cm³/mol. The van der Waals surface area contributed by atoms with Gasteiger partial charge < -0.3 is 9.15 Å². The lowest BCUT2D eigenvalue weighted by atomic mass is 10.2. The van der Waals surface area contributed by atoms with Crippen molar-refractivity contribution in [3.8, 4) is 11.4 Å². The van der Waals surface area contributed by atoms with Crippen LogP contribution in [0, 0.1) is 0 Å². The summed E-state index contributed by atoms with van der Waals surface area (Å²) in [6.07, 6.45) is 5.71. The summed E-state index contributed by atoms with van der Waals surface area (Å²) in [5.41, 5.74) is 2.09. The van der Waals surface area contributed by atoms with E-state index in [9.17, 15) is 0 Å². The lowest BCUT2D eigenvalue weighted by Gasteiger charge is -2.16. The van der Waals surface area contributed by atoms with Gasteiger partial charge in [0.2, 0.25) is 0 Å². The molecule has 0 bridgehead atoms. The van der Waals surface area contributed by atoms with Gasteiger partial charge in [-0.25, -0.2) is 0 Å². The van der Waals surface area contributed by atoms with Crippen molar-refractivity contribution in [3.05, 3.63) is 95.2 Å². The van der Waals surface area contributed by atoms with Crippen molar-refractivity contribution >= 4 is 29.4 Å². The monoisotopic (exact) mass is 480 g/mol. The molecule has 0 atom stereocenters. The van der Waals surface area contributed by atoms with E-state index in [2.05, 4.69) is 38.9 Å². The summed E-state index contributed by atoms with van der Waals surface area (Å²) < 4.78 is 12.9. The van der Waals surface area contributed by atoms with Gasteiger partial charge in [-0.1, -0.05) is 47.6 Å². The van der Waals surface area contributed by atoms with E-state index in [0.29, 0.717) is 6.54 Å². The number of halogens is 1. The highest BCUT2D eigenvalue weighted by atomic mass is 35.5. The maximum absolute atomic E-state index is 6.15. The minimum atomic E-state index is 0.629. The molecule has 0 radical (unpaired) electrons. The molecule has 4 aromatic rings. The molecule has 6 nitrogen and oxygen atoms in total. The first-order valence-electron chi connectivity index (χ1n) is 10.5. The Labute approximate surface area is 202 Å². The van der Waals surface area contributed by atoms with Gasteiger partial charge in [0.25, 0.3) is 0 Å². The van der Waals surface area contributed by atoms with Gasteiger partial charge in [0.05, 0.1) is 25.6 Å². The predicted octanol–water partition coefficient (Wildman–Crippen LogP) is 5.96. The standard InChI is InChI=1S/C25H25ClN4O2S/c1-29(13-5-11-22-12-6-14-32-22)17-24-27-28-25(33-18-19-7-3-8-20(26)15-19)30(24)21-9-4-10-23(16-21)31-2/h3-12,14-16H,13,17-18H2,1-2H3. The smallest absolute Gasteiger partial charge is 0.196 e. The average molecular weight is 481 g/mol. The summed E-state index contributed by atoms with van der Waals surface area (Å²) in [6, 6.07) is 19.6. The maximum atomic E-state index is 6.15. The van der Waals surface area contributed by atoms with Gasteiger partial charge in [-0.15, -0.1) is 10.2 Å². The minimum absolute atomic E-state index is 0.629. The van der Waals surface area contributed by atoms with Gasteiger partial charge in [-0.2, -0.15) is 0 Å². The maximum Gasteiger partial charge on any atom is 0.196 e. The highest BCUT2D eigenvalue weighted by Gasteiger charge is 2.16. The molecule has 8 heteroatoms. The molecule has 0 saturated heterocycles. The van der Waals surface area contributed by atoms with E-state index in [-0.39, 0.29) is 0 Å². The number of benzene rings is 2. The Morgan fingerprint density at radius 2 is 2.00 bits per heavy atom. The van der Waals surface area contributed by atoms with Gasteiger partial charge in [-0.3, -0.25) is 9.47 Å². The second-order valence-corrected chi connectivity index (χ2v) is 8.85. The summed E-state index contributed by atoms with van der Waals surface area (Å²) in [5.74, 6) is 3.21. The van der Waals surface area contributed by atoms with Gasteiger partial charge in [0.15, 0.2) is 11.0 Å². The molecular formula is C25H25ClN4O2S. The summed E-state index contributed by atoms with van der Waals surface area (Å²) in [5, 5.41) is 10.6. The molecule has 33 heavy (non-hydrogen) atoms. The number of thioether (sulfide) groups is 1. The van der Waals surface area contributed by atoms with Crippen molar-refractivity contribution in [1.82, 2.24) is 19.7 Å². The van der Waals surface area contributed by atoms with Crippen molar-refractivity contribution < 1.29 is 9.15 Å². The molecule has 2 aromatic carbocycles. The van der Waals surface area contributed by atoms with E-state index in [1.165, 1.54) is 0 Å². The van der Waals surface area contributed by atoms with E-state index < -0.39 is 0 Å². The number of hydrogen-bond acceptors (Lipinski definition) is 6. The number of ether oxygens (including phenoxy) is 1. The molecular weight excluding hydrogens is 456 g/mol. The van der Waals surface area contributed by atoms with Gasteiger partial charge in [-0.05, 0) is 55.1 Å². The Morgan fingerprint density at radius 3 is 2.79 bits per heavy atom. The van der Waals surface area contributed by atoms with Crippen molar-refractivity contribution in [1.29, 1.82) is 0 Å². The molecule has 0 N–H and O–H groups in total. The van der Waals surface area contributed by atoms with Crippen LogP contribution in [0.2, 0.25) is 5.02 Å². The second-order valence-electron chi connectivity index (χ2n) is 7.47. The zero-order valence-corrected chi connectivity index (χ0v) is 20.1. The Kier molecular flexibility index (Phi) is 7.88. The van der Waals surface area contributed by atoms with Crippen LogP contribution in [0.5, 0.6) is 5.75 Å². The van der Waals surface area contributed by atoms with Crippen molar-refractivity contribution in [2.75, 3.05) is 20.7 Å². The number of hydrogen-bond donors (Lipinski definition) is 0. The van der Waals surface area contributed by atoms with Crippen LogP contribution in [0.15, 0.2) is 82.6 Å². The van der Waals surface area contributed by atoms with Crippen molar-refractivity contribution in [2.24, 2.45) is 0 Å². The van der Waals surface area contributed by atoms with Crippen LogP contribution in [0.3, 0.4) is 0 Å². The Morgan fingerprint density at radius 1 is 1.12 bits per heavy atom. The highest BCUT2D eigenvalue weighted by molar-refractivity contribution is 7.98. The normalized spacial score (nSPS) is 11.5. The fourth-order valence-corrected chi connectivity index (χ4v) is 4.45. The molecule has 0 fully saturated rings. The molecule has 2 heterocycles. The van der Waals surface area contributed by atoms with E-state index in [4.69, 9.17) is 20.8 Å². The Hall–Kier alpha value is -3.00. The third-order valence-electron chi connectivity index (χ3n) is 4.92. The number of furan rings is 1. The van der Waals surface area contributed by atoms with Crippen LogP contribution in [0.4, 0.5) is 0 Å². The highest BCUT2D eigenvalue weighted by Crippen LogP contribution is 2.28. The second kappa shape index (κ2) is 11.2. The van der Waals surface area contributed by atoms with Crippen LogP contribution in [0.25, 0.3) is 11.8 Å². The van der Waals surface area contributed by atoms with Crippen LogP contribution in [-0.4, -0.2) is 40.4 Å². The molecule has 0 spiro atoms. The molecule has 0 aliphatic heterocycles. The van der Waals surface area contributed by atoms with Gasteiger partial charge >= 0.3 is 0 Å². The number of rotatable bonds is 10. The zero-order valence-electron chi connectivity index (χ0n) is 18.5.